The lowest BCUT2D eigenvalue weighted by molar-refractivity contribution is -0.128. The Morgan fingerprint density at radius 1 is 0.762 bits per heavy atom. The summed E-state index contributed by atoms with van der Waals surface area (Å²) in [6.45, 7) is 12.8. The summed E-state index contributed by atoms with van der Waals surface area (Å²) in [5.74, 6) is 0.427. The number of carbonyl (C=O) groups excluding carboxylic acids is 1. The number of hydrogen-bond donors (Lipinski definition) is 0. The maximum atomic E-state index is 12.7. The van der Waals surface area contributed by atoms with Crippen LogP contribution in [0.15, 0.2) is 0 Å². The molecule has 3 heteroatoms. The molecule has 0 fully saturated rings. The van der Waals surface area contributed by atoms with Crippen LogP contribution in [-0.2, 0) is 4.79 Å². The molecule has 0 atom stereocenters. The van der Waals surface area contributed by atoms with E-state index in [1.54, 1.807) is 0 Å². The van der Waals surface area contributed by atoms with Crippen LogP contribution in [0.4, 0.5) is 0 Å². The van der Waals surface area contributed by atoms with Crippen LogP contribution in [0, 0.1) is 0 Å². The second kappa shape index (κ2) is 12.4. The zero-order valence-corrected chi connectivity index (χ0v) is 16.2. The predicted octanol–water partition coefficient (Wildman–Crippen LogP) is 5.27. The summed E-state index contributed by atoms with van der Waals surface area (Å²) in [6, 6.07) is 0. The van der Waals surface area contributed by atoms with Crippen LogP contribution in [0.2, 0.25) is 0 Å². The van der Waals surface area contributed by atoms with E-state index in [9.17, 15) is 4.79 Å². The number of nitrogens with zero attached hydrogens (tertiary/aromatic N) is 1. The molecule has 0 N–H and O–H groups in total. The van der Waals surface area contributed by atoms with E-state index in [0.717, 1.165) is 19.3 Å². The maximum absolute atomic E-state index is 12.7. The minimum absolute atomic E-state index is 0.427. The first-order valence-electron chi connectivity index (χ1n) is 9.21. The fourth-order valence-corrected chi connectivity index (χ4v) is 7.90. The molecule has 0 aliphatic heterocycles. The Balaban J connectivity index is 4.96. The van der Waals surface area contributed by atoms with Crippen molar-refractivity contribution in [3.05, 3.63) is 0 Å². The summed E-state index contributed by atoms with van der Waals surface area (Å²) in [6.07, 6.45) is 12.6. The normalized spacial score (nSPS) is 11.7. The van der Waals surface area contributed by atoms with Gasteiger partial charge in [0.05, 0.1) is 18.5 Å². The third-order valence-corrected chi connectivity index (χ3v) is 9.28. The molecular formula is C18H39NOP+. The Kier molecular flexibility index (Phi) is 12.4. The molecule has 1 amide bonds. The van der Waals surface area contributed by atoms with Crippen LogP contribution in [-0.4, -0.2) is 48.5 Å². The maximum Gasteiger partial charge on any atom is 0.260 e. The van der Waals surface area contributed by atoms with Crippen molar-refractivity contribution < 1.29 is 4.79 Å². The molecule has 0 aromatic rings. The topological polar surface area (TPSA) is 20.3 Å². The van der Waals surface area contributed by atoms with Crippen molar-refractivity contribution in [3.63, 3.8) is 0 Å². The van der Waals surface area contributed by atoms with Crippen LogP contribution in [0.25, 0.3) is 0 Å². The number of rotatable bonds is 13. The van der Waals surface area contributed by atoms with E-state index in [1.165, 1.54) is 57.0 Å². The van der Waals surface area contributed by atoms with Crippen molar-refractivity contribution in [3.8, 4) is 0 Å². The average Bonchev–Trinajstić information content (AvgIpc) is 2.49. The average molecular weight is 316 g/mol. The quantitative estimate of drug-likeness (QED) is 0.424. The summed E-state index contributed by atoms with van der Waals surface area (Å²) >= 11 is 0. The lowest BCUT2D eigenvalue weighted by atomic mass is 10.4. The van der Waals surface area contributed by atoms with Gasteiger partial charge in [0.1, 0.15) is 6.16 Å². The Morgan fingerprint density at radius 3 is 1.43 bits per heavy atom. The second-order valence-corrected chi connectivity index (χ2v) is 10.6. The minimum Gasteiger partial charge on any atom is -0.340 e. The van der Waals surface area contributed by atoms with Crippen molar-refractivity contribution in [2.45, 2.75) is 73.1 Å². The highest BCUT2D eigenvalue weighted by atomic mass is 31.2. The summed E-state index contributed by atoms with van der Waals surface area (Å²) in [4.78, 5) is 14.7. The van der Waals surface area contributed by atoms with E-state index in [2.05, 4.69) is 34.6 Å². The van der Waals surface area contributed by atoms with Crippen molar-refractivity contribution in [1.29, 1.82) is 0 Å². The summed E-state index contributed by atoms with van der Waals surface area (Å²) in [7, 11) is -1.07. The van der Waals surface area contributed by atoms with Gasteiger partial charge in [-0.1, -0.05) is 40.0 Å². The highest BCUT2D eigenvalue weighted by Crippen LogP contribution is 2.60. The van der Waals surface area contributed by atoms with Crippen LogP contribution in [0.3, 0.4) is 0 Å². The second-order valence-electron chi connectivity index (χ2n) is 6.30. The van der Waals surface area contributed by atoms with Gasteiger partial charge in [0.15, 0.2) is 0 Å². The molecule has 0 bridgehead atoms. The molecule has 0 unspecified atom stereocenters. The van der Waals surface area contributed by atoms with Crippen LogP contribution in [0.1, 0.15) is 73.1 Å². The molecule has 0 aromatic heterocycles. The van der Waals surface area contributed by atoms with Gasteiger partial charge >= 0.3 is 0 Å². The standard InChI is InChI=1S/C18H39NOP/c1-6-11-14-21(15-12-7-2,16-13-8-3)17-18(20)19(9-4)10-5/h6-17H2,1-5H3/q+1. The Morgan fingerprint density at radius 2 is 1.14 bits per heavy atom. The zero-order valence-electron chi connectivity index (χ0n) is 15.3. The van der Waals surface area contributed by atoms with Gasteiger partial charge in [0.2, 0.25) is 0 Å². The molecule has 0 saturated carbocycles. The van der Waals surface area contributed by atoms with E-state index in [1.807, 2.05) is 4.90 Å². The van der Waals surface area contributed by atoms with Gasteiger partial charge < -0.3 is 4.90 Å². The molecule has 21 heavy (non-hydrogen) atoms. The summed E-state index contributed by atoms with van der Waals surface area (Å²) < 4.78 is 0. The molecule has 126 valence electrons. The summed E-state index contributed by atoms with van der Waals surface area (Å²) in [5, 5.41) is 0. The molecule has 0 heterocycles. The number of unbranched alkanes of at least 4 members (excludes halogenated alkanes) is 3. The van der Waals surface area contributed by atoms with Gasteiger partial charge in [-0.2, -0.15) is 0 Å². The molecule has 0 aromatic carbocycles. The van der Waals surface area contributed by atoms with E-state index >= 15 is 0 Å². The van der Waals surface area contributed by atoms with Crippen molar-refractivity contribution in [2.75, 3.05) is 37.7 Å². The van der Waals surface area contributed by atoms with Crippen LogP contribution < -0.4 is 0 Å². The minimum atomic E-state index is -1.07. The first-order valence-corrected chi connectivity index (χ1v) is 11.7. The lowest BCUT2D eigenvalue weighted by Crippen LogP contribution is -2.35. The monoisotopic (exact) mass is 316 g/mol. The van der Waals surface area contributed by atoms with Gasteiger partial charge in [-0.05, 0) is 33.1 Å². The highest BCUT2D eigenvalue weighted by Gasteiger charge is 2.38. The third kappa shape index (κ3) is 8.19. The van der Waals surface area contributed by atoms with Crippen molar-refractivity contribution in [2.24, 2.45) is 0 Å². The molecule has 0 aliphatic carbocycles. The predicted molar refractivity (Wildman–Crippen MR) is 99.0 cm³/mol. The van der Waals surface area contributed by atoms with E-state index < -0.39 is 7.26 Å². The van der Waals surface area contributed by atoms with Crippen molar-refractivity contribution >= 4 is 13.2 Å². The number of hydrogen-bond acceptors (Lipinski definition) is 1. The fraction of sp³-hybridized carbons (Fsp3) is 0.944. The molecule has 0 rings (SSSR count). The van der Waals surface area contributed by atoms with Gasteiger partial charge in [-0.25, -0.2) is 0 Å². The largest absolute Gasteiger partial charge is 0.340 e. The molecular weight excluding hydrogens is 277 g/mol. The molecule has 0 saturated heterocycles. The van der Waals surface area contributed by atoms with Gasteiger partial charge in [-0.3, -0.25) is 4.79 Å². The Bertz CT molecular complexity index is 242. The van der Waals surface area contributed by atoms with E-state index in [0.29, 0.717) is 5.91 Å². The van der Waals surface area contributed by atoms with Gasteiger partial charge in [-0.15, -0.1) is 0 Å². The van der Waals surface area contributed by atoms with Crippen LogP contribution in [0.5, 0.6) is 0 Å². The molecule has 0 radical (unpaired) electrons. The van der Waals surface area contributed by atoms with Crippen molar-refractivity contribution in [1.82, 2.24) is 4.90 Å². The fourth-order valence-electron chi connectivity index (χ4n) is 3.02. The summed E-state index contributed by atoms with van der Waals surface area (Å²) in [5.41, 5.74) is 0. The van der Waals surface area contributed by atoms with Gasteiger partial charge in [0, 0.05) is 20.4 Å². The van der Waals surface area contributed by atoms with E-state index in [-0.39, 0.29) is 0 Å². The van der Waals surface area contributed by atoms with Gasteiger partial charge in [0.25, 0.3) is 5.91 Å². The Hall–Kier alpha value is -0.100. The smallest absolute Gasteiger partial charge is 0.260 e. The van der Waals surface area contributed by atoms with Crippen LogP contribution >= 0.6 is 7.26 Å². The zero-order chi connectivity index (χ0) is 16.1. The first-order chi connectivity index (χ1) is 10.1. The molecule has 2 nitrogen and oxygen atoms in total. The third-order valence-electron chi connectivity index (χ3n) is 4.54. The SMILES string of the molecule is CCCC[P+](CCCC)(CCCC)CC(=O)N(CC)CC. The Labute approximate surface area is 134 Å². The first kappa shape index (κ1) is 20.9. The number of amides is 1. The lowest BCUT2D eigenvalue weighted by Gasteiger charge is -2.29. The molecule has 0 spiro atoms. The van der Waals surface area contributed by atoms with E-state index in [4.69, 9.17) is 0 Å². The number of carbonyl (C=O) groups is 1. The molecule has 0 aliphatic rings. The highest BCUT2D eigenvalue weighted by molar-refractivity contribution is 7.76.